The van der Waals surface area contributed by atoms with Crippen molar-refractivity contribution in [1.29, 1.82) is 0 Å². The number of nitrogens with zero attached hydrogens (tertiary/aromatic N) is 1. The first-order valence-corrected chi connectivity index (χ1v) is 11.3. The summed E-state index contributed by atoms with van der Waals surface area (Å²) in [6, 6.07) is 5.03. The van der Waals surface area contributed by atoms with Crippen molar-refractivity contribution in [2.75, 3.05) is 13.2 Å². The van der Waals surface area contributed by atoms with Crippen LogP contribution in [0.25, 0.3) is 4.85 Å². The molecule has 3 nitrogen and oxygen atoms in total. The summed E-state index contributed by atoms with van der Waals surface area (Å²) in [5.74, 6) is -0.0954. The van der Waals surface area contributed by atoms with Crippen molar-refractivity contribution in [3.8, 4) is 0 Å². The molecule has 30 heavy (non-hydrogen) atoms. The van der Waals surface area contributed by atoms with Gasteiger partial charge in [-0.1, -0.05) is 32.3 Å². The number of ether oxygens (including phenoxy) is 1. The Bertz CT molecular complexity index is 716. The van der Waals surface area contributed by atoms with Gasteiger partial charge in [-0.3, -0.25) is 0 Å². The van der Waals surface area contributed by atoms with E-state index in [2.05, 4.69) is 18.7 Å². The van der Waals surface area contributed by atoms with Gasteiger partial charge in [-0.25, -0.2) is 11.0 Å². The summed E-state index contributed by atoms with van der Waals surface area (Å²) in [7, 11) is 0. The fourth-order valence-corrected chi connectivity index (χ4v) is 5.42. The Labute approximate surface area is 206 Å². The van der Waals surface area contributed by atoms with E-state index in [1.165, 1.54) is 6.07 Å². The Morgan fingerprint density at radius 1 is 1.33 bits per heavy atom. The number of hydrogen-bond acceptors (Lipinski definition) is 2. The van der Waals surface area contributed by atoms with Crippen LogP contribution in [-0.4, -0.2) is 24.4 Å². The van der Waals surface area contributed by atoms with Crippen LogP contribution in [0.1, 0.15) is 87.9 Å². The zero-order valence-electron chi connectivity index (χ0n) is 18.3. The monoisotopic (exact) mass is 489 g/mol. The number of aliphatic hydroxyl groups is 1. The van der Waals surface area contributed by atoms with Crippen LogP contribution in [0.4, 0.5) is 4.39 Å². The summed E-state index contributed by atoms with van der Waals surface area (Å²) in [6.07, 6.45) is 8.01. The molecular formula is C25H35FNO2Y-. The molecule has 2 saturated carbocycles. The van der Waals surface area contributed by atoms with Crippen LogP contribution in [-0.2, 0) is 37.4 Å². The van der Waals surface area contributed by atoms with Crippen LogP contribution >= 0.6 is 0 Å². The van der Waals surface area contributed by atoms with E-state index in [0.717, 1.165) is 63.4 Å². The molecule has 2 fully saturated rings. The maximum absolute atomic E-state index is 14.6. The van der Waals surface area contributed by atoms with E-state index in [1.54, 1.807) is 6.07 Å². The molecule has 5 heteroatoms. The molecule has 0 spiro atoms. The summed E-state index contributed by atoms with van der Waals surface area (Å²) in [6.45, 7) is 14.7. The molecule has 163 valence electrons. The molecule has 0 aliphatic heterocycles. The molecule has 2 aliphatic carbocycles. The Morgan fingerprint density at radius 3 is 2.70 bits per heavy atom. The second kappa shape index (κ2) is 12.1. The smallest absolute Gasteiger partial charge is 0.229 e. The van der Waals surface area contributed by atoms with Crippen LogP contribution in [0.15, 0.2) is 18.2 Å². The summed E-state index contributed by atoms with van der Waals surface area (Å²) < 4.78 is 20.4. The molecule has 1 aromatic carbocycles. The summed E-state index contributed by atoms with van der Waals surface area (Å²) in [4.78, 5) is 3.82. The van der Waals surface area contributed by atoms with Gasteiger partial charge in [0, 0.05) is 51.2 Å². The van der Waals surface area contributed by atoms with Gasteiger partial charge in [0.2, 0.25) is 6.04 Å². The molecule has 3 rings (SSSR count). The average Bonchev–Trinajstić information content (AvgIpc) is 3.10. The van der Waals surface area contributed by atoms with Gasteiger partial charge in [-0.2, -0.15) is 6.42 Å². The fraction of sp³-hybridized carbons (Fsp3) is 0.680. The van der Waals surface area contributed by atoms with E-state index in [4.69, 9.17) is 11.3 Å². The van der Waals surface area contributed by atoms with Gasteiger partial charge >= 0.3 is 0 Å². The van der Waals surface area contributed by atoms with Gasteiger partial charge in [0.05, 0.1) is 18.6 Å². The molecule has 4 atom stereocenters. The van der Waals surface area contributed by atoms with Crippen molar-refractivity contribution >= 4 is 0 Å². The molecule has 0 aromatic heterocycles. The molecule has 1 N–H and O–H groups in total. The predicted octanol–water partition coefficient (Wildman–Crippen LogP) is 6.24. The SMILES string of the molecule is [C-]#[N+]C1CCC(c2cc(F)cc(C(O)C3(CCC)CCC3)c2)C1COCCC[CH2-].[Y]. The minimum Gasteiger partial charge on any atom is -0.388 e. The van der Waals surface area contributed by atoms with Crippen molar-refractivity contribution < 1.29 is 46.9 Å². The molecule has 0 saturated heterocycles. The van der Waals surface area contributed by atoms with Crippen LogP contribution in [0.2, 0.25) is 0 Å². The van der Waals surface area contributed by atoms with Crippen LogP contribution in [0, 0.1) is 30.6 Å². The second-order valence-electron chi connectivity index (χ2n) is 9.01. The standard InChI is InChI=1S/C25H35FNO2.Y/c1-4-6-13-29-17-22-21(8-9-23(22)27-3)18-14-19(16-20(26)15-18)24(28)25(10-5-2)11-7-12-25;/h14-16,21-24,28H,1,4-13,17H2,2H3;/q-1;. The topological polar surface area (TPSA) is 33.8 Å². The first-order valence-electron chi connectivity index (χ1n) is 11.3. The summed E-state index contributed by atoms with van der Waals surface area (Å²) in [5, 5.41) is 11.1. The van der Waals surface area contributed by atoms with Crippen molar-refractivity contribution in [3.05, 3.63) is 53.5 Å². The Morgan fingerprint density at radius 2 is 2.10 bits per heavy atom. The maximum atomic E-state index is 14.6. The second-order valence-corrected chi connectivity index (χ2v) is 9.01. The zero-order chi connectivity index (χ0) is 20.9. The first-order chi connectivity index (χ1) is 14.0. The van der Waals surface area contributed by atoms with E-state index in [0.29, 0.717) is 18.8 Å². The molecule has 0 bridgehead atoms. The first kappa shape index (κ1) is 25.9. The minimum atomic E-state index is -0.615. The quantitative estimate of drug-likeness (QED) is 0.312. The van der Waals surface area contributed by atoms with Gasteiger partial charge in [-0.05, 0) is 54.9 Å². The molecule has 2 aliphatic rings. The predicted molar refractivity (Wildman–Crippen MR) is 114 cm³/mol. The van der Waals surface area contributed by atoms with Crippen LogP contribution in [0.5, 0.6) is 0 Å². The number of benzene rings is 1. The summed E-state index contributed by atoms with van der Waals surface area (Å²) in [5.41, 5.74) is 1.53. The molecule has 4 unspecified atom stereocenters. The Balaban J connectivity index is 0.00000320. The van der Waals surface area contributed by atoms with E-state index in [1.807, 2.05) is 6.07 Å². The third kappa shape index (κ3) is 5.72. The van der Waals surface area contributed by atoms with Crippen molar-refractivity contribution in [2.24, 2.45) is 11.3 Å². The number of aliphatic hydroxyl groups excluding tert-OH is 1. The average molecular weight is 489 g/mol. The zero-order valence-corrected chi connectivity index (χ0v) is 21.1. The molecule has 0 heterocycles. The Kier molecular flexibility index (Phi) is 10.4. The summed E-state index contributed by atoms with van der Waals surface area (Å²) >= 11 is 0. The normalized spacial score (nSPS) is 25.8. The third-order valence-electron chi connectivity index (χ3n) is 7.16. The van der Waals surface area contributed by atoms with E-state index >= 15 is 0 Å². The number of unbranched alkanes of at least 4 members (excludes halogenated alkanes) is 1. The van der Waals surface area contributed by atoms with Crippen LogP contribution in [0.3, 0.4) is 0 Å². The molecule has 0 amide bonds. The van der Waals surface area contributed by atoms with Crippen LogP contribution < -0.4 is 0 Å². The number of halogens is 1. The van der Waals surface area contributed by atoms with E-state index in [-0.39, 0.29) is 61.8 Å². The molecule has 1 aromatic rings. The number of rotatable bonds is 10. The molecular weight excluding hydrogens is 454 g/mol. The Hall–Kier alpha value is -0.336. The molecule has 1 radical (unpaired) electrons. The largest absolute Gasteiger partial charge is 0.388 e. The minimum absolute atomic E-state index is 0. The van der Waals surface area contributed by atoms with Crippen molar-refractivity contribution in [1.82, 2.24) is 0 Å². The van der Waals surface area contributed by atoms with Crippen molar-refractivity contribution in [2.45, 2.75) is 82.8 Å². The van der Waals surface area contributed by atoms with E-state index in [9.17, 15) is 9.50 Å². The van der Waals surface area contributed by atoms with Gasteiger partial charge in [0.1, 0.15) is 5.82 Å². The third-order valence-corrected chi connectivity index (χ3v) is 7.16. The van der Waals surface area contributed by atoms with Gasteiger partial charge in [0.15, 0.2) is 0 Å². The van der Waals surface area contributed by atoms with Crippen molar-refractivity contribution in [3.63, 3.8) is 0 Å². The van der Waals surface area contributed by atoms with Gasteiger partial charge in [0.25, 0.3) is 0 Å². The fourth-order valence-electron chi connectivity index (χ4n) is 5.42. The number of hydrogen-bond donors (Lipinski definition) is 1. The maximum Gasteiger partial charge on any atom is 0.229 e. The van der Waals surface area contributed by atoms with Gasteiger partial charge in [-0.15, -0.1) is 0 Å². The van der Waals surface area contributed by atoms with E-state index < -0.39 is 6.10 Å². The van der Waals surface area contributed by atoms with Gasteiger partial charge < -0.3 is 21.6 Å².